The summed E-state index contributed by atoms with van der Waals surface area (Å²) in [6, 6.07) is 12.5. The van der Waals surface area contributed by atoms with Crippen LogP contribution in [-0.2, 0) is 19.1 Å². The van der Waals surface area contributed by atoms with E-state index in [1.165, 1.54) is 6.21 Å². The molecule has 2 aromatic carbocycles. The predicted molar refractivity (Wildman–Crippen MR) is 131 cm³/mol. The highest BCUT2D eigenvalue weighted by molar-refractivity contribution is 6.35. The summed E-state index contributed by atoms with van der Waals surface area (Å²) in [6.45, 7) is 8.52. The van der Waals surface area contributed by atoms with Gasteiger partial charge in [-0.2, -0.15) is 5.10 Å². The van der Waals surface area contributed by atoms with Crippen molar-refractivity contribution in [2.75, 3.05) is 25.1 Å². The lowest BCUT2D eigenvalue weighted by atomic mass is 10.1. The van der Waals surface area contributed by atoms with E-state index in [-0.39, 0.29) is 18.6 Å². The molecule has 3 amide bonds. The maximum absolute atomic E-state index is 12.2. The maximum atomic E-state index is 12.2. The van der Waals surface area contributed by atoms with Gasteiger partial charge in [-0.15, -0.1) is 0 Å². The van der Waals surface area contributed by atoms with E-state index in [9.17, 15) is 14.4 Å². The summed E-state index contributed by atoms with van der Waals surface area (Å²) < 4.78 is 10.9. The number of amides is 3. The molecule has 0 spiro atoms. The van der Waals surface area contributed by atoms with Crippen molar-refractivity contribution in [2.45, 2.75) is 40.2 Å². The third-order valence-corrected chi connectivity index (χ3v) is 4.66. The van der Waals surface area contributed by atoms with E-state index in [2.05, 4.69) is 21.2 Å². The number of rotatable bonds is 11. The number of nitrogens with zero attached hydrogens (tertiary/aromatic N) is 1. The van der Waals surface area contributed by atoms with Crippen molar-refractivity contribution in [1.82, 2.24) is 10.7 Å². The van der Waals surface area contributed by atoms with Gasteiger partial charge in [-0.3, -0.25) is 14.4 Å². The zero-order valence-electron chi connectivity index (χ0n) is 20.0. The topological polar surface area (TPSA) is 118 Å². The Bertz CT molecular complexity index is 1020. The molecule has 0 aliphatic heterocycles. The molecule has 0 radical (unpaired) electrons. The molecule has 2 aromatic rings. The Kier molecular flexibility index (Phi) is 10.7. The van der Waals surface area contributed by atoms with Crippen molar-refractivity contribution in [3.63, 3.8) is 0 Å². The van der Waals surface area contributed by atoms with Gasteiger partial charge in [-0.05, 0) is 75.1 Å². The predicted octanol–water partition coefficient (Wildman–Crippen LogP) is 2.70. The summed E-state index contributed by atoms with van der Waals surface area (Å²) in [5.41, 5.74) is 5.75. The molecule has 0 aliphatic rings. The number of carbonyl (C=O) groups is 3. The van der Waals surface area contributed by atoms with Crippen molar-refractivity contribution in [2.24, 2.45) is 5.10 Å². The summed E-state index contributed by atoms with van der Waals surface area (Å²) in [5.74, 6) is -1.45. The molecule has 9 heteroatoms. The van der Waals surface area contributed by atoms with Gasteiger partial charge in [0.15, 0.2) is 6.61 Å². The van der Waals surface area contributed by atoms with E-state index in [0.29, 0.717) is 36.6 Å². The van der Waals surface area contributed by atoms with Crippen molar-refractivity contribution in [3.8, 4) is 5.75 Å². The van der Waals surface area contributed by atoms with E-state index in [4.69, 9.17) is 9.47 Å². The van der Waals surface area contributed by atoms with Gasteiger partial charge in [0.25, 0.3) is 5.91 Å². The summed E-state index contributed by atoms with van der Waals surface area (Å²) in [6.07, 6.45) is 2.11. The molecule has 0 saturated heterocycles. The number of aryl methyl sites for hydroxylation is 2. The molecule has 0 unspecified atom stereocenters. The van der Waals surface area contributed by atoms with Crippen molar-refractivity contribution >= 4 is 29.6 Å². The SMILES string of the molecule is Cc1ccc(NC(=O)COc2cccc(/C=N\NC(=O)C(=O)NCCCOC(C)C)c2)cc1C. The molecule has 182 valence electrons. The fraction of sp³-hybridized carbons (Fsp3) is 0.360. The Morgan fingerprint density at radius 3 is 2.56 bits per heavy atom. The Morgan fingerprint density at radius 1 is 1.03 bits per heavy atom. The molecule has 0 saturated carbocycles. The zero-order chi connectivity index (χ0) is 24.9. The minimum atomic E-state index is -0.864. The lowest BCUT2D eigenvalue weighted by Crippen LogP contribution is -2.38. The van der Waals surface area contributed by atoms with Crippen LogP contribution in [0, 0.1) is 13.8 Å². The number of nitrogens with one attached hydrogen (secondary N) is 3. The van der Waals surface area contributed by atoms with Crippen LogP contribution in [0.4, 0.5) is 5.69 Å². The van der Waals surface area contributed by atoms with Crippen LogP contribution in [0.3, 0.4) is 0 Å². The highest BCUT2D eigenvalue weighted by atomic mass is 16.5. The number of benzene rings is 2. The van der Waals surface area contributed by atoms with E-state index >= 15 is 0 Å². The van der Waals surface area contributed by atoms with Crippen molar-refractivity contribution in [3.05, 3.63) is 59.2 Å². The van der Waals surface area contributed by atoms with Crippen LogP contribution < -0.4 is 20.8 Å². The molecule has 0 heterocycles. The van der Waals surface area contributed by atoms with Gasteiger partial charge in [0.1, 0.15) is 5.75 Å². The highest BCUT2D eigenvalue weighted by Gasteiger charge is 2.11. The van der Waals surface area contributed by atoms with Crippen LogP contribution >= 0.6 is 0 Å². The molecule has 0 bridgehead atoms. The second-order valence-electron chi connectivity index (χ2n) is 7.94. The fourth-order valence-corrected chi connectivity index (χ4v) is 2.74. The minimum absolute atomic E-state index is 0.123. The Labute approximate surface area is 199 Å². The summed E-state index contributed by atoms with van der Waals surface area (Å²) >= 11 is 0. The summed E-state index contributed by atoms with van der Waals surface area (Å²) in [4.78, 5) is 35.7. The zero-order valence-corrected chi connectivity index (χ0v) is 20.0. The van der Waals surface area contributed by atoms with Crippen molar-refractivity contribution in [1.29, 1.82) is 0 Å². The van der Waals surface area contributed by atoms with E-state index in [1.807, 2.05) is 45.9 Å². The number of carbonyl (C=O) groups excluding carboxylic acids is 3. The first-order valence-corrected chi connectivity index (χ1v) is 11.1. The van der Waals surface area contributed by atoms with E-state index in [1.54, 1.807) is 24.3 Å². The van der Waals surface area contributed by atoms with Crippen LogP contribution in [0.25, 0.3) is 0 Å². The van der Waals surface area contributed by atoms with Gasteiger partial charge < -0.3 is 20.1 Å². The second kappa shape index (κ2) is 13.7. The number of hydrogen-bond acceptors (Lipinski definition) is 6. The maximum Gasteiger partial charge on any atom is 0.329 e. The summed E-state index contributed by atoms with van der Waals surface area (Å²) in [5, 5.41) is 9.09. The lowest BCUT2D eigenvalue weighted by molar-refractivity contribution is -0.139. The highest BCUT2D eigenvalue weighted by Crippen LogP contribution is 2.15. The first-order valence-electron chi connectivity index (χ1n) is 11.1. The van der Waals surface area contributed by atoms with Gasteiger partial charge in [0.2, 0.25) is 0 Å². The van der Waals surface area contributed by atoms with E-state index in [0.717, 1.165) is 11.1 Å². The van der Waals surface area contributed by atoms with Gasteiger partial charge in [-0.25, -0.2) is 5.43 Å². The molecule has 9 nitrogen and oxygen atoms in total. The number of hydrazone groups is 1. The van der Waals surface area contributed by atoms with Gasteiger partial charge in [-0.1, -0.05) is 18.2 Å². The average Bonchev–Trinajstić information content (AvgIpc) is 2.80. The van der Waals surface area contributed by atoms with Crippen LogP contribution in [0.5, 0.6) is 5.75 Å². The molecule has 3 N–H and O–H groups in total. The normalized spacial score (nSPS) is 10.9. The minimum Gasteiger partial charge on any atom is -0.484 e. The van der Waals surface area contributed by atoms with Gasteiger partial charge in [0.05, 0.1) is 12.3 Å². The third kappa shape index (κ3) is 9.83. The number of hydrogen-bond donors (Lipinski definition) is 3. The molecule has 0 aliphatic carbocycles. The molecular formula is C25H32N4O5. The monoisotopic (exact) mass is 468 g/mol. The van der Waals surface area contributed by atoms with Crippen molar-refractivity contribution < 1.29 is 23.9 Å². The van der Waals surface area contributed by atoms with Crippen LogP contribution in [0.2, 0.25) is 0 Å². The average molecular weight is 469 g/mol. The molecule has 0 fully saturated rings. The van der Waals surface area contributed by atoms with E-state index < -0.39 is 11.8 Å². The molecule has 0 atom stereocenters. The quantitative estimate of drug-likeness (QED) is 0.203. The standard InChI is InChI=1S/C25H32N4O5/c1-17(2)33-12-6-11-26-24(31)25(32)29-27-15-20-7-5-8-22(14-20)34-16-23(30)28-21-10-9-18(3)19(4)13-21/h5,7-10,13-15,17H,6,11-12,16H2,1-4H3,(H,26,31)(H,28,30)(H,29,32)/b27-15-. The van der Waals surface area contributed by atoms with Crippen LogP contribution in [0.1, 0.15) is 37.0 Å². The second-order valence-corrected chi connectivity index (χ2v) is 7.94. The van der Waals surface area contributed by atoms with Crippen LogP contribution in [-0.4, -0.2) is 49.8 Å². The lowest BCUT2D eigenvalue weighted by Gasteiger charge is -2.09. The number of ether oxygens (including phenoxy) is 2. The Morgan fingerprint density at radius 2 is 1.82 bits per heavy atom. The number of anilines is 1. The van der Waals surface area contributed by atoms with Crippen LogP contribution in [0.15, 0.2) is 47.6 Å². The fourth-order valence-electron chi connectivity index (χ4n) is 2.74. The molecule has 2 rings (SSSR count). The van der Waals surface area contributed by atoms with Gasteiger partial charge >= 0.3 is 11.8 Å². The molecular weight excluding hydrogens is 436 g/mol. The first kappa shape index (κ1) is 26.5. The molecule has 34 heavy (non-hydrogen) atoms. The first-order chi connectivity index (χ1) is 16.2. The smallest absolute Gasteiger partial charge is 0.329 e. The van der Waals surface area contributed by atoms with Gasteiger partial charge in [0, 0.05) is 18.8 Å². The largest absolute Gasteiger partial charge is 0.484 e. The summed E-state index contributed by atoms with van der Waals surface area (Å²) in [7, 11) is 0. The Balaban J connectivity index is 1.75. The Hall–Kier alpha value is -3.72. The third-order valence-electron chi connectivity index (χ3n) is 4.66. The molecule has 0 aromatic heterocycles.